The Morgan fingerprint density at radius 2 is 1.79 bits per heavy atom. The number of hydrogen-bond acceptors (Lipinski definition) is 1. The summed E-state index contributed by atoms with van der Waals surface area (Å²) in [4.78, 5) is 0. The molecule has 1 atom stereocenters. The zero-order chi connectivity index (χ0) is 13.8. The number of hydrogen-bond donors (Lipinski definition) is 1. The molecule has 1 N–H and O–H groups in total. The van der Waals surface area contributed by atoms with Crippen molar-refractivity contribution >= 4 is 15.9 Å². The van der Waals surface area contributed by atoms with E-state index < -0.39 is 0 Å². The molecule has 2 aromatic carbocycles. The Hall–Kier alpha value is -1.12. The Labute approximate surface area is 124 Å². The molecule has 0 amide bonds. The summed E-state index contributed by atoms with van der Waals surface area (Å²) in [6.45, 7) is 7.40. The Morgan fingerprint density at radius 3 is 2.47 bits per heavy atom. The summed E-state index contributed by atoms with van der Waals surface area (Å²) in [7, 11) is 0. The van der Waals surface area contributed by atoms with Crippen LogP contribution in [0.25, 0.3) is 0 Å². The molecule has 2 heteroatoms. The molecule has 19 heavy (non-hydrogen) atoms. The molecular weight excluding hydrogens is 298 g/mol. The van der Waals surface area contributed by atoms with Crippen LogP contribution >= 0.6 is 15.9 Å². The highest BCUT2D eigenvalue weighted by Crippen LogP contribution is 2.19. The van der Waals surface area contributed by atoms with Crippen molar-refractivity contribution in [1.29, 1.82) is 0 Å². The number of halogens is 1. The van der Waals surface area contributed by atoms with E-state index in [1.807, 2.05) is 0 Å². The molecule has 0 radical (unpaired) electrons. The van der Waals surface area contributed by atoms with Gasteiger partial charge >= 0.3 is 0 Å². The Bertz CT molecular complexity index is 563. The van der Waals surface area contributed by atoms with Gasteiger partial charge < -0.3 is 5.32 Å². The Kier molecular flexibility index (Phi) is 4.78. The predicted octanol–water partition coefficient (Wildman–Crippen LogP) is 4.92. The molecule has 0 aromatic heterocycles. The van der Waals surface area contributed by atoms with E-state index in [1.165, 1.54) is 26.7 Å². The first kappa shape index (κ1) is 14.3. The number of aryl methyl sites for hydroxylation is 2. The van der Waals surface area contributed by atoms with Crippen molar-refractivity contribution in [2.75, 3.05) is 0 Å². The fraction of sp³-hybridized carbons (Fsp3) is 0.294. The maximum Gasteiger partial charge on any atom is 0.0297 e. The Balaban J connectivity index is 2.02. The van der Waals surface area contributed by atoms with Crippen molar-refractivity contribution in [1.82, 2.24) is 5.32 Å². The van der Waals surface area contributed by atoms with Gasteiger partial charge in [-0.3, -0.25) is 0 Å². The van der Waals surface area contributed by atoms with Crippen LogP contribution in [0, 0.1) is 13.8 Å². The smallest absolute Gasteiger partial charge is 0.0297 e. The van der Waals surface area contributed by atoms with Gasteiger partial charge in [0.1, 0.15) is 0 Å². The van der Waals surface area contributed by atoms with Gasteiger partial charge in [-0.25, -0.2) is 0 Å². The van der Waals surface area contributed by atoms with Crippen LogP contribution in [0.4, 0.5) is 0 Å². The number of benzene rings is 2. The highest BCUT2D eigenvalue weighted by molar-refractivity contribution is 9.10. The summed E-state index contributed by atoms with van der Waals surface area (Å²) in [5.74, 6) is 0. The van der Waals surface area contributed by atoms with Gasteiger partial charge in [0.05, 0.1) is 0 Å². The van der Waals surface area contributed by atoms with Crippen LogP contribution in [-0.4, -0.2) is 0 Å². The monoisotopic (exact) mass is 317 g/mol. The van der Waals surface area contributed by atoms with E-state index in [1.54, 1.807) is 0 Å². The first-order valence-electron chi connectivity index (χ1n) is 6.62. The van der Waals surface area contributed by atoms with Crippen molar-refractivity contribution in [2.45, 2.75) is 33.4 Å². The summed E-state index contributed by atoms with van der Waals surface area (Å²) in [5, 5.41) is 3.59. The highest BCUT2D eigenvalue weighted by atomic mass is 79.9. The lowest BCUT2D eigenvalue weighted by atomic mass is 10.0. The molecule has 0 heterocycles. The lowest BCUT2D eigenvalue weighted by molar-refractivity contribution is 0.572. The largest absolute Gasteiger partial charge is 0.306 e. The third kappa shape index (κ3) is 3.68. The quantitative estimate of drug-likeness (QED) is 0.844. The minimum absolute atomic E-state index is 0.366. The molecule has 2 aromatic rings. The van der Waals surface area contributed by atoms with Crippen molar-refractivity contribution in [2.24, 2.45) is 0 Å². The van der Waals surface area contributed by atoms with Gasteiger partial charge in [-0.1, -0.05) is 52.3 Å². The van der Waals surface area contributed by atoms with E-state index in [0.29, 0.717) is 6.04 Å². The fourth-order valence-corrected chi connectivity index (χ4v) is 2.52. The average Bonchev–Trinajstić information content (AvgIpc) is 2.40. The molecule has 0 saturated heterocycles. The number of nitrogens with one attached hydrogen (secondary N) is 1. The second-order valence-electron chi connectivity index (χ2n) is 5.04. The van der Waals surface area contributed by atoms with Crippen molar-refractivity contribution in [3.05, 3.63) is 69.2 Å². The van der Waals surface area contributed by atoms with Gasteiger partial charge in [0.15, 0.2) is 0 Å². The van der Waals surface area contributed by atoms with Crippen LogP contribution < -0.4 is 5.32 Å². The molecule has 0 unspecified atom stereocenters. The van der Waals surface area contributed by atoms with Crippen LogP contribution in [0.5, 0.6) is 0 Å². The first-order valence-corrected chi connectivity index (χ1v) is 7.41. The molecule has 0 fully saturated rings. The van der Waals surface area contributed by atoms with E-state index in [-0.39, 0.29) is 0 Å². The molecular formula is C17H20BrN. The average molecular weight is 318 g/mol. The third-order valence-electron chi connectivity index (χ3n) is 3.49. The van der Waals surface area contributed by atoms with Gasteiger partial charge in [-0.2, -0.15) is 0 Å². The zero-order valence-corrected chi connectivity index (χ0v) is 13.3. The summed E-state index contributed by atoms with van der Waals surface area (Å²) in [6, 6.07) is 15.4. The second kappa shape index (κ2) is 6.36. The molecule has 0 bridgehead atoms. The topological polar surface area (TPSA) is 12.0 Å². The van der Waals surface area contributed by atoms with Crippen LogP contribution in [0.15, 0.2) is 46.9 Å². The van der Waals surface area contributed by atoms with E-state index >= 15 is 0 Å². The van der Waals surface area contributed by atoms with Crippen LogP contribution in [-0.2, 0) is 6.54 Å². The molecule has 0 aliphatic rings. The van der Waals surface area contributed by atoms with Crippen LogP contribution in [0.3, 0.4) is 0 Å². The van der Waals surface area contributed by atoms with Gasteiger partial charge in [0.25, 0.3) is 0 Å². The predicted molar refractivity (Wildman–Crippen MR) is 85.3 cm³/mol. The molecule has 0 spiro atoms. The van der Waals surface area contributed by atoms with Gasteiger partial charge in [0, 0.05) is 17.1 Å². The molecule has 1 nitrogen and oxygen atoms in total. The van der Waals surface area contributed by atoms with Crippen LogP contribution in [0.1, 0.15) is 35.2 Å². The third-order valence-corrected chi connectivity index (χ3v) is 4.38. The molecule has 0 saturated carbocycles. The normalized spacial score (nSPS) is 12.4. The summed E-state index contributed by atoms with van der Waals surface area (Å²) in [6.07, 6.45) is 0. The lowest BCUT2D eigenvalue weighted by Crippen LogP contribution is -2.18. The lowest BCUT2D eigenvalue weighted by Gasteiger charge is -2.17. The molecule has 2 rings (SSSR count). The van der Waals surface area contributed by atoms with E-state index in [0.717, 1.165) is 6.54 Å². The molecule has 0 aliphatic carbocycles. The number of rotatable bonds is 4. The van der Waals surface area contributed by atoms with E-state index in [9.17, 15) is 0 Å². The summed E-state index contributed by atoms with van der Waals surface area (Å²) >= 11 is 3.54. The van der Waals surface area contributed by atoms with Crippen molar-refractivity contribution in [3.8, 4) is 0 Å². The summed E-state index contributed by atoms with van der Waals surface area (Å²) < 4.78 is 1.17. The minimum Gasteiger partial charge on any atom is -0.306 e. The standard InChI is InChI=1S/C17H20BrN/c1-12-6-4-5-7-16(12)14(3)19-11-15-8-9-17(18)13(2)10-15/h4-10,14,19H,11H2,1-3H3/t14-/m1/s1. The SMILES string of the molecule is Cc1cc(CN[C@H](C)c2ccccc2C)ccc1Br. The molecule has 100 valence electrons. The minimum atomic E-state index is 0.366. The van der Waals surface area contributed by atoms with E-state index in [2.05, 4.69) is 84.5 Å². The van der Waals surface area contributed by atoms with E-state index in [4.69, 9.17) is 0 Å². The second-order valence-corrected chi connectivity index (χ2v) is 5.90. The van der Waals surface area contributed by atoms with Crippen molar-refractivity contribution in [3.63, 3.8) is 0 Å². The Morgan fingerprint density at radius 1 is 1.05 bits per heavy atom. The van der Waals surface area contributed by atoms with Crippen molar-refractivity contribution < 1.29 is 0 Å². The van der Waals surface area contributed by atoms with Gasteiger partial charge in [-0.05, 0) is 49.1 Å². The fourth-order valence-electron chi connectivity index (χ4n) is 2.27. The van der Waals surface area contributed by atoms with Gasteiger partial charge in [-0.15, -0.1) is 0 Å². The highest BCUT2D eigenvalue weighted by Gasteiger charge is 2.07. The van der Waals surface area contributed by atoms with Gasteiger partial charge in [0.2, 0.25) is 0 Å². The maximum absolute atomic E-state index is 3.59. The summed E-state index contributed by atoms with van der Waals surface area (Å²) in [5.41, 5.74) is 5.31. The molecule has 0 aliphatic heterocycles. The first-order chi connectivity index (χ1) is 9.08. The zero-order valence-electron chi connectivity index (χ0n) is 11.7. The maximum atomic E-state index is 3.59. The van der Waals surface area contributed by atoms with Crippen LogP contribution in [0.2, 0.25) is 0 Å².